The Kier molecular flexibility index (Phi) is 6.50. The van der Waals surface area contributed by atoms with Gasteiger partial charge in [-0.2, -0.15) is 13.2 Å². The van der Waals surface area contributed by atoms with E-state index in [1.807, 2.05) is 0 Å². The van der Waals surface area contributed by atoms with Crippen molar-refractivity contribution >= 4 is 25.7 Å². The van der Waals surface area contributed by atoms with Gasteiger partial charge in [-0.1, -0.05) is 0 Å². The largest absolute Gasteiger partial charge is 0.496 e. The summed E-state index contributed by atoms with van der Waals surface area (Å²) < 4.78 is 94.6. The normalized spacial score (nSPS) is 12.6. The first-order chi connectivity index (χ1) is 13.2. The number of benzene rings is 2. The van der Waals surface area contributed by atoms with Gasteiger partial charge in [-0.25, -0.2) is 21.6 Å². The monoisotopic (exact) mass is 452 g/mol. The summed E-state index contributed by atoms with van der Waals surface area (Å²) in [6, 6.07) is 7.31. The standard InChI is InChI=1S/C17H19F3N2O5S2/c1-11-9-16(12(2)8-15(11)27-3)29(25,26)22-13-4-6-14(7-5-13)28(23,24)21-10-17(18,19)20/h4-9,21-22H,10H2,1-3H3. The van der Waals surface area contributed by atoms with Crippen LogP contribution in [0.4, 0.5) is 18.9 Å². The fourth-order valence-corrected chi connectivity index (χ4v) is 4.83. The van der Waals surface area contributed by atoms with Crippen molar-refractivity contribution < 1.29 is 34.7 Å². The van der Waals surface area contributed by atoms with Crippen molar-refractivity contribution in [2.75, 3.05) is 18.4 Å². The van der Waals surface area contributed by atoms with Crippen LogP contribution in [0.2, 0.25) is 0 Å². The van der Waals surface area contributed by atoms with Crippen LogP contribution in [0, 0.1) is 13.8 Å². The molecule has 12 heteroatoms. The quantitative estimate of drug-likeness (QED) is 0.673. The molecule has 29 heavy (non-hydrogen) atoms. The van der Waals surface area contributed by atoms with Crippen LogP contribution in [0.15, 0.2) is 46.2 Å². The number of hydrogen-bond acceptors (Lipinski definition) is 5. The van der Waals surface area contributed by atoms with Gasteiger partial charge >= 0.3 is 6.18 Å². The topological polar surface area (TPSA) is 102 Å². The lowest BCUT2D eigenvalue weighted by molar-refractivity contribution is -0.121. The Labute approximate surface area is 167 Å². The van der Waals surface area contributed by atoms with Crippen LogP contribution in [-0.2, 0) is 20.0 Å². The van der Waals surface area contributed by atoms with Crippen molar-refractivity contribution in [3.05, 3.63) is 47.5 Å². The maximum absolute atomic E-state index is 12.7. The number of sulfonamides is 2. The Balaban J connectivity index is 2.24. The minimum atomic E-state index is -4.70. The van der Waals surface area contributed by atoms with Gasteiger partial charge in [0.2, 0.25) is 10.0 Å². The number of nitrogens with one attached hydrogen (secondary N) is 2. The lowest BCUT2D eigenvalue weighted by Gasteiger charge is -2.14. The highest BCUT2D eigenvalue weighted by molar-refractivity contribution is 7.92. The molecule has 0 unspecified atom stereocenters. The van der Waals surface area contributed by atoms with Gasteiger partial charge < -0.3 is 4.74 Å². The maximum atomic E-state index is 12.7. The summed E-state index contributed by atoms with van der Waals surface area (Å²) in [5.74, 6) is 0.530. The van der Waals surface area contributed by atoms with Gasteiger partial charge in [0.15, 0.2) is 0 Å². The van der Waals surface area contributed by atoms with Gasteiger partial charge in [0.25, 0.3) is 10.0 Å². The molecule has 2 rings (SSSR count). The second kappa shape index (κ2) is 8.20. The molecule has 0 aliphatic heterocycles. The molecule has 0 aliphatic carbocycles. The predicted octanol–water partition coefficient (Wildman–Crippen LogP) is 2.95. The Bertz CT molecular complexity index is 1100. The number of alkyl halides is 3. The maximum Gasteiger partial charge on any atom is 0.402 e. The molecule has 0 fully saturated rings. The van der Waals surface area contributed by atoms with E-state index >= 15 is 0 Å². The van der Waals surface area contributed by atoms with Gasteiger partial charge in [0.05, 0.1) is 16.9 Å². The van der Waals surface area contributed by atoms with Crippen molar-refractivity contribution in [2.45, 2.75) is 29.8 Å². The summed E-state index contributed by atoms with van der Waals surface area (Å²) >= 11 is 0. The van der Waals surface area contributed by atoms with E-state index in [0.29, 0.717) is 16.9 Å². The van der Waals surface area contributed by atoms with Crippen LogP contribution in [0.1, 0.15) is 11.1 Å². The highest BCUT2D eigenvalue weighted by atomic mass is 32.2. The smallest absolute Gasteiger partial charge is 0.402 e. The highest BCUT2D eigenvalue weighted by Gasteiger charge is 2.30. The average molecular weight is 452 g/mol. The second-order valence-corrected chi connectivity index (χ2v) is 9.57. The summed E-state index contributed by atoms with van der Waals surface area (Å²) in [5, 5.41) is 0. The Hall–Kier alpha value is -2.31. The lowest BCUT2D eigenvalue weighted by atomic mass is 10.1. The van der Waals surface area contributed by atoms with E-state index in [1.165, 1.54) is 17.9 Å². The van der Waals surface area contributed by atoms with Gasteiger partial charge in [0, 0.05) is 5.69 Å². The summed E-state index contributed by atoms with van der Waals surface area (Å²) in [6.45, 7) is 1.57. The second-order valence-electron chi connectivity index (χ2n) is 6.16. The van der Waals surface area contributed by atoms with E-state index in [4.69, 9.17) is 4.74 Å². The third kappa shape index (κ3) is 5.84. The molecule has 0 heterocycles. The molecule has 0 bridgehead atoms. The highest BCUT2D eigenvalue weighted by Crippen LogP contribution is 2.27. The molecule has 2 N–H and O–H groups in total. The molecule has 0 saturated carbocycles. The molecule has 0 saturated heterocycles. The van der Waals surface area contributed by atoms with Gasteiger partial charge in [-0.05, 0) is 61.4 Å². The van der Waals surface area contributed by atoms with Crippen LogP contribution < -0.4 is 14.2 Å². The Morgan fingerprint density at radius 1 is 0.931 bits per heavy atom. The van der Waals surface area contributed by atoms with E-state index in [0.717, 1.165) is 24.3 Å². The number of ether oxygens (including phenoxy) is 1. The number of hydrogen-bond donors (Lipinski definition) is 2. The molecule has 7 nitrogen and oxygen atoms in total. The number of anilines is 1. The van der Waals surface area contributed by atoms with Crippen molar-refractivity contribution in [3.8, 4) is 5.75 Å². The molecule has 160 valence electrons. The number of aryl methyl sites for hydroxylation is 2. The van der Waals surface area contributed by atoms with Crippen LogP contribution in [0.3, 0.4) is 0 Å². The Morgan fingerprint density at radius 3 is 2.03 bits per heavy atom. The molecule has 2 aromatic rings. The fraction of sp³-hybridized carbons (Fsp3) is 0.294. The molecule has 0 radical (unpaired) electrons. The molecule has 2 aromatic carbocycles. The zero-order valence-corrected chi connectivity index (χ0v) is 17.3. The third-order valence-electron chi connectivity index (χ3n) is 3.86. The summed E-state index contributed by atoms with van der Waals surface area (Å²) in [5.41, 5.74) is 1.10. The summed E-state index contributed by atoms with van der Waals surface area (Å²) in [7, 11) is -6.91. The minimum absolute atomic E-state index is 0.0133. The lowest BCUT2D eigenvalue weighted by Crippen LogP contribution is -2.33. The van der Waals surface area contributed by atoms with E-state index < -0.39 is 37.7 Å². The molecule has 0 atom stereocenters. The van der Waals surface area contributed by atoms with Gasteiger partial charge in [-0.3, -0.25) is 4.72 Å². The first kappa shape index (κ1) is 23.0. The van der Waals surface area contributed by atoms with Gasteiger partial charge in [-0.15, -0.1) is 0 Å². The molecular weight excluding hydrogens is 433 g/mol. The zero-order valence-electron chi connectivity index (χ0n) is 15.7. The van der Waals surface area contributed by atoms with Crippen LogP contribution >= 0.6 is 0 Å². The van der Waals surface area contributed by atoms with Crippen molar-refractivity contribution in [1.82, 2.24) is 4.72 Å². The molecule has 0 amide bonds. The van der Waals surface area contributed by atoms with E-state index in [2.05, 4.69) is 4.72 Å². The summed E-state index contributed by atoms with van der Waals surface area (Å²) in [6.07, 6.45) is -4.70. The van der Waals surface area contributed by atoms with E-state index in [9.17, 15) is 30.0 Å². The number of rotatable bonds is 7. The molecule has 0 spiro atoms. The average Bonchev–Trinajstić information content (AvgIpc) is 2.61. The minimum Gasteiger partial charge on any atom is -0.496 e. The number of halogens is 3. The molecule has 0 aliphatic rings. The van der Waals surface area contributed by atoms with Crippen LogP contribution in [0.5, 0.6) is 5.75 Å². The van der Waals surface area contributed by atoms with Crippen LogP contribution in [0.25, 0.3) is 0 Å². The van der Waals surface area contributed by atoms with Gasteiger partial charge in [0.1, 0.15) is 12.3 Å². The van der Waals surface area contributed by atoms with E-state index in [1.54, 1.807) is 19.9 Å². The zero-order chi connectivity index (χ0) is 22.0. The van der Waals surface area contributed by atoms with E-state index in [-0.39, 0.29) is 10.6 Å². The summed E-state index contributed by atoms with van der Waals surface area (Å²) in [4.78, 5) is -0.416. The predicted molar refractivity (Wildman–Crippen MR) is 101 cm³/mol. The molecule has 0 aromatic heterocycles. The Morgan fingerprint density at radius 2 is 1.52 bits per heavy atom. The van der Waals surface area contributed by atoms with Crippen molar-refractivity contribution in [3.63, 3.8) is 0 Å². The molecular formula is C17H19F3N2O5S2. The van der Waals surface area contributed by atoms with Crippen molar-refractivity contribution in [1.29, 1.82) is 0 Å². The fourth-order valence-electron chi connectivity index (χ4n) is 2.45. The first-order valence-corrected chi connectivity index (χ1v) is 11.1. The first-order valence-electron chi connectivity index (χ1n) is 8.10. The third-order valence-corrected chi connectivity index (χ3v) is 6.80. The van der Waals surface area contributed by atoms with Crippen molar-refractivity contribution in [2.24, 2.45) is 0 Å². The van der Waals surface area contributed by atoms with Crippen LogP contribution in [-0.4, -0.2) is 36.7 Å². The SMILES string of the molecule is COc1cc(C)c(S(=O)(=O)Nc2ccc(S(=O)(=O)NCC(F)(F)F)cc2)cc1C. The number of methoxy groups -OCH3 is 1.